The number of benzene rings is 1. The highest BCUT2D eigenvalue weighted by Crippen LogP contribution is 2.18. The fourth-order valence-electron chi connectivity index (χ4n) is 1.98. The van der Waals surface area contributed by atoms with Crippen LogP contribution in [0.4, 0.5) is 0 Å². The highest BCUT2D eigenvalue weighted by atomic mass is 35.5. The van der Waals surface area contributed by atoms with Gasteiger partial charge in [0.1, 0.15) is 5.75 Å². The van der Waals surface area contributed by atoms with Crippen LogP contribution in [0, 0.1) is 0 Å². The summed E-state index contributed by atoms with van der Waals surface area (Å²) >= 11 is 5.59. The Kier molecular flexibility index (Phi) is 7.34. The summed E-state index contributed by atoms with van der Waals surface area (Å²) in [5.41, 5.74) is 1.11. The van der Waals surface area contributed by atoms with Crippen LogP contribution in [0.15, 0.2) is 24.3 Å². The summed E-state index contributed by atoms with van der Waals surface area (Å²) in [6.45, 7) is 2.01. The van der Waals surface area contributed by atoms with Crippen LogP contribution in [0.1, 0.15) is 31.7 Å². The standard InChI is InChI=1S/C15H22ClNO2/c1-12(17-15(18)9-5-6-10-16)11-13-7-3-4-8-14(13)19-2/h3-4,7-8,12H,5-6,9-11H2,1-2H3,(H,17,18). The Morgan fingerprint density at radius 3 is 2.79 bits per heavy atom. The number of amides is 1. The van der Waals surface area contributed by atoms with E-state index < -0.39 is 0 Å². The second-order valence-electron chi connectivity index (χ2n) is 4.63. The molecule has 19 heavy (non-hydrogen) atoms. The zero-order valence-corrected chi connectivity index (χ0v) is 12.4. The zero-order chi connectivity index (χ0) is 14.1. The number of ether oxygens (including phenoxy) is 1. The molecule has 0 radical (unpaired) electrons. The first-order valence-corrected chi connectivity index (χ1v) is 7.18. The third-order valence-electron chi connectivity index (χ3n) is 2.91. The molecule has 4 heteroatoms. The van der Waals surface area contributed by atoms with Gasteiger partial charge in [-0.05, 0) is 37.8 Å². The lowest BCUT2D eigenvalue weighted by atomic mass is 10.1. The molecule has 1 rings (SSSR count). The van der Waals surface area contributed by atoms with E-state index in [2.05, 4.69) is 5.32 Å². The van der Waals surface area contributed by atoms with Crippen LogP contribution < -0.4 is 10.1 Å². The molecule has 0 saturated carbocycles. The molecule has 0 aliphatic heterocycles. The van der Waals surface area contributed by atoms with Gasteiger partial charge in [0.05, 0.1) is 7.11 Å². The van der Waals surface area contributed by atoms with E-state index in [-0.39, 0.29) is 11.9 Å². The Morgan fingerprint density at radius 1 is 1.37 bits per heavy atom. The third-order valence-corrected chi connectivity index (χ3v) is 3.18. The molecule has 0 saturated heterocycles. The maximum absolute atomic E-state index is 11.7. The summed E-state index contributed by atoms with van der Waals surface area (Å²) in [7, 11) is 1.66. The van der Waals surface area contributed by atoms with Crippen molar-refractivity contribution in [1.82, 2.24) is 5.32 Å². The number of nitrogens with one attached hydrogen (secondary N) is 1. The van der Waals surface area contributed by atoms with Gasteiger partial charge in [0.2, 0.25) is 5.91 Å². The Balaban J connectivity index is 2.42. The van der Waals surface area contributed by atoms with Crippen molar-refractivity contribution < 1.29 is 9.53 Å². The molecule has 1 atom stereocenters. The van der Waals surface area contributed by atoms with Gasteiger partial charge in [-0.2, -0.15) is 0 Å². The van der Waals surface area contributed by atoms with Crippen molar-refractivity contribution in [3.05, 3.63) is 29.8 Å². The van der Waals surface area contributed by atoms with Crippen molar-refractivity contribution in [2.45, 2.75) is 38.6 Å². The summed E-state index contributed by atoms with van der Waals surface area (Å²) in [4.78, 5) is 11.7. The number of rotatable bonds is 8. The van der Waals surface area contributed by atoms with Crippen LogP contribution in [0.5, 0.6) is 5.75 Å². The van der Waals surface area contributed by atoms with E-state index in [0.717, 1.165) is 30.6 Å². The number of carbonyl (C=O) groups is 1. The van der Waals surface area contributed by atoms with E-state index in [9.17, 15) is 4.79 Å². The average Bonchev–Trinajstić information content (AvgIpc) is 2.39. The monoisotopic (exact) mass is 283 g/mol. The first-order chi connectivity index (χ1) is 9.17. The van der Waals surface area contributed by atoms with Crippen molar-refractivity contribution >= 4 is 17.5 Å². The van der Waals surface area contributed by atoms with Gasteiger partial charge in [-0.3, -0.25) is 4.79 Å². The fraction of sp³-hybridized carbons (Fsp3) is 0.533. The summed E-state index contributed by atoms with van der Waals surface area (Å²) in [6, 6.07) is 7.98. The minimum absolute atomic E-state index is 0.0903. The van der Waals surface area contributed by atoms with Gasteiger partial charge in [0, 0.05) is 18.3 Å². The number of hydrogen-bond donors (Lipinski definition) is 1. The number of halogens is 1. The van der Waals surface area contributed by atoms with Gasteiger partial charge >= 0.3 is 0 Å². The summed E-state index contributed by atoms with van der Waals surface area (Å²) in [6.07, 6.45) is 3.04. The van der Waals surface area contributed by atoms with E-state index in [1.165, 1.54) is 0 Å². The molecule has 0 fully saturated rings. The average molecular weight is 284 g/mol. The molecular weight excluding hydrogens is 262 g/mol. The summed E-state index contributed by atoms with van der Waals surface area (Å²) < 4.78 is 5.30. The van der Waals surface area contributed by atoms with Crippen LogP contribution >= 0.6 is 11.6 Å². The quantitative estimate of drug-likeness (QED) is 0.588. The first-order valence-electron chi connectivity index (χ1n) is 6.64. The van der Waals surface area contributed by atoms with Crippen LogP contribution in [-0.4, -0.2) is 24.9 Å². The van der Waals surface area contributed by atoms with Gasteiger partial charge in [-0.25, -0.2) is 0 Å². The SMILES string of the molecule is COc1ccccc1CC(C)NC(=O)CCCCCl. The third kappa shape index (κ3) is 5.97. The second kappa shape index (κ2) is 8.81. The van der Waals surface area contributed by atoms with E-state index in [4.69, 9.17) is 16.3 Å². The molecule has 106 valence electrons. The van der Waals surface area contributed by atoms with Crippen molar-refractivity contribution in [3.63, 3.8) is 0 Å². The number of methoxy groups -OCH3 is 1. The number of unbranched alkanes of at least 4 members (excludes halogenated alkanes) is 1. The van der Waals surface area contributed by atoms with Gasteiger partial charge in [-0.1, -0.05) is 18.2 Å². The lowest BCUT2D eigenvalue weighted by molar-refractivity contribution is -0.121. The van der Waals surface area contributed by atoms with Crippen LogP contribution in [-0.2, 0) is 11.2 Å². The maximum Gasteiger partial charge on any atom is 0.220 e. The Labute approximate surface area is 120 Å². The van der Waals surface area contributed by atoms with Crippen molar-refractivity contribution in [2.24, 2.45) is 0 Å². The molecule has 0 spiro atoms. The molecule has 1 amide bonds. The molecule has 3 nitrogen and oxygen atoms in total. The minimum Gasteiger partial charge on any atom is -0.496 e. The largest absolute Gasteiger partial charge is 0.496 e. The number of para-hydroxylation sites is 1. The molecule has 1 aromatic rings. The molecule has 1 unspecified atom stereocenters. The lowest BCUT2D eigenvalue weighted by Gasteiger charge is -2.15. The van der Waals surface area contributed by atoms with E-state index >= 15 is 0 Å². The van der Waals surface area contributed by atoms with Crippen molar-refractivity contribution in [3.8, 4) is 5.75 Å². The molecule has 0 aliphatic rings. The zero-order valence-electron chi connectivity index (χ0n) is 11.6. The smallest absolute Gasteiger partial charge is 0.220 e. The molecular formula is C15H22ClNO2. The maximum atomic E-state index is 11.7. The van der Waals surface area contributed by atoms with Gasteiger partial charge in [-0.15, -0.1) is 11.6 Å². The van der Waals surface area contributed by atoms with E-state index in [1.54, 1.807) is 7.11 Å². The van der Waals surface area contributed by atoms with Gasteiger partial charge < -0.3 is 10.1 Å². The topological polar surface area (TPSA) is 38.3 Å². The number of alkyl halides is 1. The van der Waals surface area contributed by atoms with Gasteiger partial charge in [0.25, 0.3) is 0 Å². The van der Waals surface area contributed by atoms with Crippen molar-refractivity contribution in [2.75, 3.05) is 13.0 Å². The molecule has 0 heterocycles. The number of carbonyl (C=O) groups excluding carboxylic acids is 1. The Bertz CT molecular complexity index is 395. The first kappa shape index (κ1) is 15.8. The molecule has 1 aromatic carbocycles. The summed E-state index contributed by atoms with van der Waals surface area (Å²) in [5, 5.41) is 3.00. The van der Waals surface area contributed by atoms with E-state index in [0.29, 0.717) is 12.3 Å². The van der Waals surface area contributed by atoms with Crippen LogP contribution in [0.25, 0.3) is 0 Å². The summed E-state index contributed by atoms with van der Waals surface area (Å²) in [5.74, 6) is 1.57. The second-order valence-corrected chi connectivity index (χ2v) is 5.01. The van der Waals surface area contributed by atoms with Gasteiger partial charge in [0.15, 0.2) is 0 Å². The molecule has 0 bridgehead atoms. The Morgan fingerprint density at radius 2 is 2.11 bits per heavy atom. The van der Waals surface area contributed by atoms with E-state index in [1.807, 2.05) is 31.2 Å². The predicted octanol–water partition coefficient (Wildman–Crippen LogP) is 3.15. The fourth-order valence-corrected chi connectivity index (χ4v) is 2.17. The highest BCUT2D eigenvalue weighted by molar-refractivity contribution is 6.17. The minimum atomic E-state index is 0.0903. The molecule has 1 N–H and O–H groups in total. The normalized spacial score (nSPS) is 11.9. The van der Waals surface area contributed by atoms with Crippen LogP contribution in [0.3, 0.4) is 0 Å². The van der Waals surface area contributed by atoms with Crippen molar-refractivity contribution in [1.29, 1.82) is 0 Å². The Hall–Kier alpha value is -1.22. The lowest BCUT2D eigenvalue weighted by Crippen LogP contribution is -2.33. The number of hydrogen-bond acceptors (Lipinski definition) is 2. The molecule has 0 aromatic heterocycles. The predicted molar refractivity (Wildman–Crippen MR) is 78.9 cm³/mol. The van der Waals surface area contributed by atoms with Crippen LogP contribution in [0.2, 0.25) is 0 Å². The molecule has 0 aliphatic carbocycles. The highest BCUT2D eigenvalue weighted by Gasteiger charge is 2.10.